The van der Waals surface area contributed by atoms with Crippen LogP contribution in [0.4, 0.5) is 18.9 Å². The van der Waals surface area contributed by atoms with Gasteiger partial charge in [-0.3, -0.25) is 0 Å². The SMILES string of the molecule is CCN(c1ccc(C(F)(F)F)cc1Br)C1CCC(N)CC1. The lowest BCUT2D eigenvalue weighted by atomic mass is 9.90. The summed E-state index contributed by atoms with van der Waals surface area (Å²) in [6.45, 7) is 2.79. The standard InChI is InChI=1S/C15H20BrF3N2/c1-2-21(12-6-4-11(20)5-7-12)14-8-3-10(9-13(14)16)15(17,18)19/h3,8-9,11-12H,2,4-7,20H2,1H3. The van der Waals surface area contributed by atoms with Crippen LogP contribution >= 0.6 is 15.9 Å². The van der Waals surface area contributed by atoms with Crippen molar-refractivity contribution >= 4 is 21.6 Å². The Bertz CT molecular complexity index is 482. The molecule has 2 nitrogen and oxygen atoms in total. The van der Waals surface area contributed by atoms with E-state index in [4.69, 9.17) is 5.73 Å². The van der Waals surface area contributed by atoms with Gasteiger partial charge in [0.05, 0.1) is 11.3 Å². The topological polar surface area (TPSA) is 29.3 Å². The van der Waals surface area contributed by atoms with Crippen molar-refractivity contribution in [3.63, 3.8) is 0 Å². The Balaban J connectivity index is 2.22. The van der Waals surface area contributed by atoms with Gasteiger partial charge in [-0.1, -0.05) is 0 Å². The Kier molecular flexibility index (Phi) is 5.20. The molecule has 1 aliphatic carbocycles. The molecule has 0 aromatic heterocycles. The third kappa shape index (κ3) is 3.92. The van der Waals surface area contributed by atoms with E-state index in [9.17, 15) is 13.2 Å². The summed E-state index contributed by atoms with van der Waals surface area (Å²) in [6.07, 6.45) is -0.389. The average molecular weight is 365 g/mol. The lowest BCUT2D eigenvalue weighted by Gasteiger charge is -2.37. The summed E-state index contributed by atoms with van der Waals surface area (Å²) >= 11 is 3.29. The van der Waals surface area contributed by atoms with Gasteiger partial charge in [0, 0.05) is 23.1 Å². The second kappa shape index (κ2) is 6.57. The monoisotopic (exact) mass is 364 g/mol. The Hall–Kier alpha value is -0.750. The zero-order valence-electron chi connectivity index (χ0n) is 12.0. The Morgan fingerprint density at radius 2 is 1.86 bits per heavy atom. The van der Waals surface area contributed by atoms with Crippen LogP contribution < -0.4 is 10.6 Å². The van der Waals surface area contributed by atoms with Crippen molar-refractivity contribution < 1.29 is 13.2 Å². The summed E-state index contributed by atoms with van der Waals surface area (Å²) in [5.41, 5.74) is 6.12. The fraction of sp³-hybridized carbons (Fsp3) is 0.600. The molecule has 1 aliphatic rings. The highest BCUT2D eigenvalue weighted by Gasteiger charge is 2.32. The smallest absolute Gasteiger partial charge is 0.368 e. The molecule has 6 heteroatoms. The molecule has 2 N–H and O–H groups in total. The van der Waals surface area contributed by atoms with Crippen molar-refractivity contribution in [3.8, 4) is 0 Å². The molecule has 1 aromatic carbocycles. The molecular weight excluding hydrogens is 345 g/mol. The van der Waals surface area contributed by atoms with E-state index < -0.39 is 11.7 Å². The van der Waals surface area contributed by atoms with E-state index in [0.29, 0.717) is 10.5 Å². The van der Waals surface area contributed by atoms with Crippen molar-refractivity contribution in [2.45, 2.75) is 50.9 Å². The molecule has 1 fully saturated rings. The van der Waals surface area contributed by atoms with Crippen LogP contribution in [0.15, 0.2) is 22.7 Å². The first-order chi connectivity index (χ1) is 9.82. The predicted molar refractivity (Wildman–Crippen MR) is 82.4 cm³/mol. The van der Waals surface area contributed by atoms with Gasteiger partial charge in [-0.2, -0.15) is 13.2 Å². The van der Waals surface area contributed by atoms with E-state index in [2.05, 4.69) is 20.8 Å². The fourth-order valence-corrected chi connectivity index (χ4v) is 3.56. The van der Waals surface area contributed by atoms with Crippen LogP contribution in [0.1, 0.15) is 38.2 Å². The predicted octanol–water partition coefficient (Wildman–Crippen LogP) is 4.56. The van der Waals surface area contributed by atoms with Crippen molar-refractivity contribution in [2.75, 3.05) is 11.4 Å². The highest BCUT2D eigenvalue weighted by Crippen LogP contribution is 2.37. The summed E-state index contributed by atoms with van der Waals surface area (Å²) < 4.78 is 38.7. The number of nitrogens with zero attached hydrogens (tertiary/aromatic N) is 1. The molecule has 1 aromatic rings. The summed E-state index contributed by atoms with van der Waals surface area (Å²) in [4.78, 5) is 2.18. The molecule has 0 amide bonds. The fourth-order valence-electron chi connectivity index (χ4n) is 2.95. The summed E-state index contributed by atoms with van der Waals surface area (Å²) in [5, 5.41) is 0. The van der Waals surface area contributed by atoms with Gasteiger partial charge < -0.3 is 10.6 Å². The van der Waals surface area contributed by atoms with Gasteiger partial charge in [0.15, 0.2) is 0 Å². The van der Waals surface area contributed by atoms with Crippen molar-refractivity contribution in [1.82, 2.24) is 0 Å². The van der Waals surface area contributed by atoms with Gasteiger partial charge in [0.1, 0.15) is 0 Å². The molecular formula is C15H20BrF3N2. The maximum absolute atomic E-state index is 12.7. The Labute approximate surface area is 131 Å². The first kappa shape index (κ1) is 16.6. The third-order valence-corrected chi connectivity index (χ3v) is 4.74. The molecule has 0 aliphatic heterocycles. The molecule has 21 heavy (non-hydrogen) atoms. The number of benzene rings is 1. The van der Waals surface area contributed by atoms with Crippen molar-refractivity contribution in [1.29, 1.82) is 0 Å². The first-order valence-corrected chi connectivity index (χ1v) is 8.01. The van der Waals surface area contributed by atoms with Gasteiger partial charge in [-0.05, 0) is 66.7 Å². The molecule has 0 spiro atoms. The van der Waals surface area contributed by atoms with Gasteiger partial charge in [0.25, 0.3) is 0 Å². The lowest BCUT2D eigenvalue weighted by molar-refractivity contribution is -0.137. The molecule has 118 valence electrons. The van der Waals surface area contributed by atoms with E-state index in [1.165, 1.54) is 0 Å². The van der Waals surface area contributed by atoms with Crippen LogP contribution in [-0.2, 0) is 6.18 Å². The minimum absolute atomic E-state index is 0.260. The maximum Gasteiger partial charge on any atom is 0.416 e. The van der Waals surface area contributed by atoms with Gasteiger partial charge in [-0.15, -0.1) is 0 Å². The van der Waals surface area contributed by atoms with Gasteiger partial charge >= 0.3 is 6.18 Å². The van der Waals surface area contributed by atoms with Gasteiger partial charge in [0.2, 0.25) is 0 Å². The van der Waals surface area contributed by atoms with Crippen LogP contribution in [0.2, 0.25) is 0 Å². The lowest BCUT2D eigenvalue weighted by Crippen LogP contribution is -2.41. The largest absolute Gasteiger partial charge is 0.416 e. The van der Waals surface area contributed by atoms with Crippen LogP contribution in [0, 0.1) is 0 Å². The number of halogens is 4. The van der Waals surface area contributed by atoms with Crippen LogP contribution in [-0.4, -0.2) is 18.6 Å². The van der Waals surface area contributed by atoms with E-state index in [1.807, 2.05) is 6.92 Å². The number of nitrogens with two attached hydrogens (primary N) is 1. The number of hydrogen-bond donors (Lipinski definition) is 1. The second-order valence-corrected chi connectivity index (χ2v) is 6.37. The number of rotatable bonds is 3. The molecule has 0 bridgehead atoms. The molecule has 0 atom stereocenters. The van der Waals surface area contributed by atoms with E-state index >= 15 is 0 Å². The minimum Gasteiger partial charge on any atom is -0.368 e. The van der Waals surface area contributed by atoms with Crippen LogP contribution in [0.3, 0.4) is 0 Å². The first-order valence-electron chi connectivity index (χ1n) is 7.22. The molecule has 1 saturated carbocycles. The number of hydrogen-bond acceptors (Lipinski definition) is 2. The number of anilines is 1. The van der Waals surface area contributed by atoms with Crippen molar-refractivity contribution in [2.24, 2.45) is 5.73 Å². The summed E-state index contributed by atoms with van der Waals surface area (Å²) in [7, 11) is 0. The third-order valence-electron chi connectivity index (χ3n) is 4.11. The van der Waals surface area contributed by atoms with E-state index in [1.54, 1.807) is 6.07 Å². The molecule has 0 heterocycles. The molecule has 0 unspecified atom stereocenters. The molecule has 0 radical (unpaired) electrons. The molecule has 0 saturated heterocycles. The van der Waals surface area contributed by atoms with Crippen LogP contribution in [0.5, 0.6) is 0 Å². The number of alkyl halides is 3. The van der Waals surface area contributed by atoms with Crippen molar-refractivity contribution in [3.05, 3.63) is 28.2 Å². The Morgan fingerprint density at radius 3 is 2.33 bits per heavy atom. The van der Waals surface area contributed by atoms with Gasteiger partial charge in [-0.25, -0.2) is 0 Å². The van der Waals surface area contributed by atoms with E-state index in [-0.39, 0.29) is 6.04 Å². The van der Waals surface area contributed by atoms with E-state index in [0.717, 1.165) is 50.0 Å². The zero-order valence-corrected chi connectivity index (χ0v) is 13.5. The average Bonchev–Trinajstić information content (AvgIpc) is 2.42. The molecule has 2 rings (SSSR count). The Morgan fingerprint density at radius 1 is 1.24 bits per heavy atom. The zero-order chi connectivity index (χ0) is 15.6. The quantitative estimate of drug-likeness (QED) is 0.851. The second-order valence-electron chi connectivity index (χ2n) is 5.52. The maximum atomic E-state index is 12.7. The summed E-state index contributed by atoms with van der Waals surface area (Å²) in [5.74, 6) is 0. The van der Waals surface area contributed by atoms with Crippen LogP contribution in [0.25, 0.3) is 0 Å². The normalized spacial score (nSPS) is 23.1. The highest BCUT2D eigenvalue weighted by atomic mass is 79.9. The summed E-state index contributed by atoms with van der Waals surface area (Å²) in [6, 6.07) is 4.48. The minimum atomic E-state index is -4.31. The highest BCUT2D eigenvalue weighted by molar-refractivity contribution is 9.10.